The fourth-order valence-corrected chi connectivity index (χ4v) is 0.876. The molecule has 1 rings (SSSR count). The van der Waals surface area contributed by atoms with Crippen LogP contribution in [0.1, 0.15) is 17.3 Å². The number of carbonyl (C=O) groups is 1. The third kappa shape index (κ3) is 2.81. The van der Waals surface area contributed by atoms with Gasteiger partial charge in [-0.2, -0.15) is 0 Å². The number of nitrogens with one attached hydrogen (secondary N) is 1. The smallest absolute Gasteiger partial charge is 0.254 e. The van der Waals surface area contributed by atoms with Gasteiger partial charge in [-0.25, -0.2) is 9.97 Å². The van der Waals surface area contributed by atoms with E-state index < -0.39 is 0 Å². The number of halogens is 1. The van der Waals surface area contributed by atoms with Crippen molar-refractivity contribution >= 4 is 17.5 Å². The molecule has 4 nitrogen and oxygen atoms in total. The van der Waals surface area contributed by atoms with E-state index in [1.54, 1.807) is 6.08 Å². The number of hydrogen-bond donors (Lipinski definition) is 1. The van der Waals surface area contributed by atoms with E-state index in [9.17, 15) is 4.79 Å². The molecule has 0 aromatic carbocycles. The Morgan fingerprint density at radius 1 is 1.64 bits per heavy atom. The molecule has 0 aliphatic rings. The van der Waals surface area contributed by atoms with E-state index in [-0.39, 0.29) is 17.2 Å². The molecular formula is C9H10ClN3O. The van der Waals surface area contributed by atoms with Crippen molar-refractivity contribution in [3.8, 4) is 0 Å². The minimum Gasteiger partial charge on any atom is -0.346 e. The molecule has 1 N–H and O–H groups in total. The molecule has 1 heterocycles. The van der Waals surface area contributed by atoms with Gasteiger partial charge in [-0.05, 0) is 18.5 Å². The molecule has 1 aromatic rings. The van der Waals surface area contributed by atoms with Crippen LogP contribution in [0.2, 0.25) is 5.28 Å². The summed E-state index contributed by atoms with van der Waals surface area (Å²) in [5, 5.41) is 2.81. The number of amides is 1. The van der Waals surface area contributed by atoms with Gasteiger partial charge in [0.2, 0.25) is 5.28 Å². The fourth-order valence-electron chi connectivity index (χ4n) is 0.779. The SMILES string of the molecule is C=CC(C)NC(=O)c1cnc(Cl)nc1. The van der Waals surface area contributed by atoms with Crippen LogP contribution in [0, 0.1) is 0 Å². The van der Waals surface area contributed by atoms with Crippen LogP contribution in [-0.4, -0.2) is 21.9 Å². The van der Waals surface area contributed by atoms with Crippen LogP contribution in [-0.2, 0) is 0 Å². The lowest BCUT2D eigenvalue weighted by Crippen LogP contribution is -2.30. The predicted octanol–water partition coefficient (Wildman–Crippen LogP) is 1.43. The first-order valence-corrected chi connectivity index (χ1v) is 4.42. The van der Waals surface area contributed by atoms with Gasteiger partial charge in [0, 0.05) is 18.4 Å². The molecule has 0 saturated carbocycles. The molecule has 1 atom stereocenters. The highest BCUT2D eigenvalue weighted by Crippen LogP contribution is 2.00. The second kappa shape index (κ2) is 4.72. The molecule has 0 saturated heterocycles. The first-order valence-electron chi connectivity index (χ1n) is 4.04. The van der Waals surface area contributed by atoms with Crippen molar-refractivity contribution in [1.29, 1.82) is 0 Å². The summed E-state index contributed by atoms with van der Waals surface area (Å²) in [6, 6.07) is -0.0850. The van der Waals surface area contributed by atoms with Gasteiger partial charge in [-0.1, -0.05) is 6.08 Å². The maximum absolute atomic E-state index is 11.4. The molecule has 14 heavy (non-hydrogen) atoms. The van der Waals surface area contributed by atoms with Gasteiger partial charge in [-0.15, -0.1) is 6.58 Å². The molecule has 0 radical (unpaired) electrons. The maximum atomic E-state index is 11.4. The standard InChI is InChI=1S/C9H10ClN3O/c1-3-6(2)13-8(14)7-4-11-9(10)12-5-7/h3-6H,1H2,2H3,(H,13,14). The molecule has 5 heteroatoms. The van der Waals surface area contributed by atoms with E-state index in [1.165, 1.54) is 12.4 Å². The summed E-state index contributed by atoms with van der Waals surface area (Å²) in [5.41, 5.74) is 0.378. The highest BCUT2D eigenvalue weighted by Gasteiger charge is 2.07. The van der Waals surface area contributed by atoms with Crippen molar-refractivity contribution in [2.24, 2.45) is 0 Å². The van der Waals surface area contributed by atoms with Crippen LogP contribution in [0.4, 0.5) is 0 Å². The minimum absolute atomic E-state index is 0.0850. The monoisotopic (exact) mass is 211 g/mol. The summed E-state index contributed by atoms with van der Waals surface area (Å²) in [5.74, 6) is -0.242. The highest BCUT2D eigenvalue weighted by atomic mass is 35.5. The van der Waals surface area contributed by atoms with E-state index >= 15 is 0 Å². The van der Waals surface area contributed by atoms with Crippen molar-refractivity contribution in [2.75, 3.05) is 0 Å². The van der Waals surface area contributed by atoms with Crippen LogP contribution in [0.3, 0.4) is 0 Å². The lowest BCUT2D eigenvalue weighted by Gasteiger charge is -2.08. The van der Waals surface area contributed by atoms with Gasteiger partial charge in [0.25, 0.3) is 5.91 Å². The number of carbonyl (C=O) groups excluding carboxylic acids is 1. The summed E-state index contributed by atoms with van der Waals surface area (Å²) in [4.78, 5) is 18.8. The zero-order chi connectivity index (χ0) is 10.6. The summed E-state index contributed by atoms with van der Waals surface area (Å²) < 4.78 is 0. The van der Waals surface area contributed by atoms with E-state index in [4.69, 9.17) is 11.6 Å². The zero-order valence-corrected chi connectivity index (χ0v) is 8.45. The molecule has 0 aliphatic carbocycles. The second-order valence-electron chi connectivity index (χ2n) is 2.74. The number of aromatic nitrogens is 2. The number of rotatable bonds is 3. The average Bonchev–Trinajstić information content (AvgIpc) is 2.18. The Balaban J connectivity index is 2.70. The molecule has 0 fully saturated rings. The summed E-state index contributed by atoms with van der Waals surface area (Å²) >= 11 is 5.48. The van der Waals surface area contributed by atoms with Gasteiger partial charge in [0.1, 0.15) is 0 Å². The molecule has 74 valence electrons. The van der Waals surface area contributed by atoms with Crippen molar-refractivity contribution in [2.45, 2.75) is 13.0 Å². The topological polar surface area (TPSA) is 54.9 Å². The third-order valence-corrected chi connectivity index (χ3v) is 1.79. The van der Waals surface area contributed by atoms with Crippen LogP contribution in [0.25, 0.3) is 0 Å². The van der Waals surface area contributed by atoms with Crippen LogP contribution in [0.5, 0.6) is 0 Å². The number of nitrogens with zero attached hydrogens (tertiary/aromatic N) is 2. The lowest BCUT2D eigenvalue weighted by atomic mass is 10.3. The lowest BCUT2D eigenvalue weighted by molar-refractivity contribution is 0.0946. The summed E-state index contributed by atoms with van der Waals surface area (Å²) in [6.45, 7) is 5.38. The van der Waals surface area contributed by atoms with Crippen molar-refractivity contribution < 1.29 is 4.79 Å². The Morgan fingerprint density at radius 2 is 2.21 bits per heavy atom. The normalized spacial score (nSPS) is 11.9. The van der Waals surface area contributed by atoms with Gasteiger partial charge < -0.3 is 5.32 Å². The quantitative estimate of drug-likeness (QED) is 0.608. The molecule has 0 bridgehead atoms. The van der Waals surface area contributed by atoms with E-state index in [0.717, 1.165) is 0 Å². The third-order valence-electron chi connectivity index (χ3n) is 1.59. The average molecular weight is 212 g/mol. The fraction of sp³-hybridized carbons (Fsp3) is 0.222. The predicted molar refractivity (Wildman–Crippen MR) is 54.2 cm³/mol. The van der Waals surface area contributed by atoms with Crippen molar-refractivity contribution in [3.63, 3.8) is 0 Å². The molecule has 1 unspecified atom stereocenters. The van der Waals surface area contributed by atoms with Gasteiger partial charge in [-0.3, -0.25) is 4.79 Å². The van der Waals surface area contributed by atoms with E-state index in [0.29, 0.717) is 5.56 Å². The zero-order valence-electron chi connectivity index (χ0n) is 7.70. The highest BCUT2D eigenvalue weighted by molar-refractivity contribution is 6.28. The summed E-state index contributed by atoms with van der Waals surface area (Å²) in [7, 11) is 0. The Morgan fingerprint density at radius 3 is 2.71 bits per heavy atom. The Bertz CT molecular complexity index is 336. The Labute approximate surface area is 87.0 Å². The Hall–Kier alpha value is -1.42. The van der Waals surface area contributed by atoms with E-state index in [2.05, 4.69) is 21.9 Å². The largest absolute Gasteiger partial charge is 0.346 e. The molecule has 1 aromatic heterocycles. The first-order chi connectivity index (χ1) is 6.63. The molecule has 1 amide bonds. The summed E-state index contributed by atoms with van der Waals surface area (Å²) in [6.07, 6.45) is 4.38. The van der Waals surface area contributed by atoms with Crippen LogP contribution in [0.15, 0.2) is 25.0 Å². The van der Waals surface area contributed by atoms with Crippen molar-refractivity contribution in [3.05, 3.63) is 35.9 Å². The Kier molecular flexibility index (Phi) is 3.59. The van der Waals surface area contributed by atoms with Gasteiger partial charge in [0.15, 0.2) is 0 Å². The minimum atomic E-state index is -0.242. The molecular weight excluding hydrogens is 202 g/mol. The second-order valence-corrected chi connectivity index (χ2v) is 3.08. The molecule has 0 spiro atoms. The van der Waals surface area contributed by atoms with Crippen molar-refractivity contribution in [1.82, 2.24) is 15.3 Å². The first kappa shape index (κ1) is 10.7. The van der Waals surface area contributed by atoms with Crippen LogP contribution < -0.4 is 5.32 Å². The van der Waals surface area contributed by atoms with Crippen LogP contribution >= 0.6 is 11.6 Å². The van der Waals surface area contributed by atoms with Gasteiger partial charge >= 0.3 is 0 Å². The maximum Gasteiger partial charge on any atom is 0.254 e. The molecule has 0 aliphatic heterocycles. The van der Waals surface area contributed by atoms with Gasteiger partial charge in [0.05, 0.1) is 5.56 Å². The van der Waals surface area contributed by atoms with E-state index in [1.807, 2.05) is 6.92 Å². The number of hydrogen-bond acceptors (Lipinski definition) is 3.